The van der Waals surface area contributed by atoms with Crippen LogP contribution < -0.4 is 15.7 Å². The zero-order valence-electron chi connectivity index (χ0n) is 14.8. The standard InChI is InChI=1S/C17H18Cl2N4O4/c1-4-13(17(25)26)21-20-9-5-11(18)15(12(19)6-9)27-14-7-10(8(2)3)16(24)23-22-14/h5-8,20H,4H2,1-3H3,(H,23,24)(H,25,26)/b21-13-. The maximum absolute atomic E-state index is 11.8. The van der Waals surface area contributed by atoms with E-state index in [-0.39, 0.29) is 45.3 Å². The molecule has 2 aromatic rings. The molecule has 10 heteroatoms. The molecule has 0 fully saturated rings. The molecule has 144 valence electrons. The highest BCUT2D eigenvalue weighted by atomic mass is 35.5. The highest BCUT2D eigenvalue weighted by Crippen LogP contribution is 2.38. The van der Waals surface area contributed by atoms with E-state index in [2.05, 4.69) is 20.7 Å². The number of benzene rings is 1. The number of nitrogens with one attached hydrogen (secondary N) is 2. The first-order chi connectivity index (χ1) is 12.7. The van der Waals surface area contributed by atoms with Crippen LogP contribution in [0.1, 0.15) is 38.7 Å². The molecule has 0 aliphatic carbocycles. The van der Waals surface area contributed by atoms with E-state index < -0.39 is 5.97 Å². The molecule has 0 unspecified atom stereocenters. The Hall–Kier alpha value is -2.58. The number of hydrogen-bond acceptors (Lipinski definition) is 6. The molecule has 0 radical (unpaired) electrons. The molecule has 1 aromatic heterocycles. The molecule has 1 aromatic carbocycles. The Bertz CT molecular complexity index is 918. The van der Waals surface area contributed by atoms with E-state index in [4.69, 9.17) is 33.0 Å². The van der Waals surface area contributed by atoms with Crippen LogP contribution in [0, 0.1) is 0 Å². The Kier molecular flexibility index (Phi) is 6.81. The number of halogens is 2. The van der Waals surface area contributed by atoms with Gasteiger partial charge >= 0.3 is 5.97 Å². The maximum atomic E-state index is 11.8. The van der Waals surface area contributed by atoms with Crippen LogP contribution in [0.5, 0.6) is 11.6 Å². The zero-order valence-corrected chi connectivity index (χ0v) is 16.4. The molecule has 8 nitrogen and oxygen atoms in total. The summed E-state index contributed by atoms with van der Waals surface area (Å²) in [5.41, 5.74) is 3.17. The molecule has 0 spiro atoms. The van der Waals surface area contributed by atoms with Crippen LogP contribution in [0.2, 0.25) is 10.0 Å². The summed E-state index contributed by atoms with van der Waals surface area (Å²) >= 11 is 12.4. The van der Waals surface area contributed by atoms with E-state index in [0.717, 1.165) is 0 Å². The van der Waals surface area contributed by atoms with Crippen LogP contribution in [-0.4, -0.2) is 27.0 Å². The smallest absolute Gasteiger partial charge is 0.352 e. The first-order valence-corrected chi connectivity index (χ1v) is 8.80. The fourth-order valence-corrected chi connectivity index (χ4v) is 2.68. The molecule has 0 saturated carbocycles. The Balaban J connectivity index is 2.29. The average molecular weight is 413 g/mol. The fourth-order valence-electron chi connectivity index (χ4n) is 2.12. The third kappa shape index (κ3) is 5.21. The Labute approximate surface area is 165 Å². The van der Waals surface area contributed by atoms with E-state index in [1.807, 2.05) is 13.8 Å². The number of carboxylic acid groups (broad SMARTS) is 1. The van der Waals surface area contributed by atoms with Crippen LogP contribution >= 0.6 is 23.2 Å². The second-order valence-electron chi connectivity index (χ2n) is 5.85. The summed E-state index contributed by atoms with van der Waals surface area (Å²) in [6.45, 7) is 5.42. The Morgan fingerprint density at radius 3 is 2.48 bits per heavy atom. The van der Waals surface area contributed by atoms with E-state index in [0.29, 0.717) is 11.3 Å². The first kappa shape index (κ1) is 20.7. The number of carboxylic acids is 1. The van der Waals surface area contributed by atoms with Gasteiger partial charge in [0, 0.05) is 11.6 Å². The Morgan fingerprint density at radius 2 is 1.96 bits per heavy atom. The van der Waals surface area contributed by atoms with Gasteiger partial charge < -0.3 is 9.84 Å². The number of nitrogens with zero attached hydrogens (tertiary/aromatic N) is 2. The number of aromatic amines is 1. The minimum atomic E-state index is -1.12. The molecule has 2 rings (SSSR count). The van der Waals surface area contributed by atoms with E-state index >= 15 is 0 Å². The summed E-state index contributed by atoms with van der Waals surface area (Å²) in [6.07, 6.45) is 0.251. The van der Waals surface area contributed by atoms with Gasteiger partial charge in [-0.15, -0.1) is 5.10 Å². The van der Waals surface area contributed by atoms with Gasteiger partial charge in [0.1, 0.15) is 5.71 Å². The minimum Gasteiger partial charge on any atom is -0.477 e. The molecular weight excluding hydrogens is 395 g/mol. The highest BCUT2D eigenvalue weighted by Gasteiger charge is 2.14. The summed E-state index contributed by atoms with van der Waals surface area (Å²) < 4.78 is 5.62. The number of rotatable bonds is 7. The predicted molar refractivity (Wildman–Crippen MR) is 104 cm³/mol. The number of ether oxygens (including phenoxy) is 1. The monoisotopic (exact) mass is 412 g/mol. The lowest BCUT2D eigenvalue weighted by molar-refractivity contribution is -0.129. The normalized spacial score (nSPS) is 11.6. The summed E-state index contributed by atoms with van der Waals surface area (Å²) in [5, 5.41) is 19.3. The topological polar surface area (TPSA) is 117 Å². The number of H-pyrrole nitrogens is 1. The van der Waals surface area contributed by atoms with Gasteiger partial charge in [-0.1, -0.05) is 44.0 Å². The minimum absolute atomic E-state index is 0.0171. The largest absolute Gasteiger partial charge is 0.477 e. The number of carbonyl (C=O) groups is 1. The maximum Gasteiger partial charge on any atom is 0.352 e. The van der Waals surface area contributed by atoms with Crippen LogP contribution in [0.3, 0.4) is 0 Å². The van der Waals surface area contributed by atoms with Crippen LogP contribution in [0.4, 0.5) is 5.69 Å². The predicted octanol–water partition coefficient (Wildman–Crippen LogP) is 4.25. The lowest BCUT2D eigenvalue weighted by Crippen LogP contribution is -2.15. The summed E-state index contributed by atoms with van der Waals surface area (Å²) in [4.78, 5) is 22.7. The van der Waals surface area contributed by atoms with Gasteiger partial charge in [0.2, 0.25) is 5.88 Å². The first-order valence-electron chi connectivity index (χ1n) is 8.05. The van der Waals surface area contributed by atoms with Crippen molar-refractivity contribution in [1.82, 2.24) is 10.2 Å². The lowest BCUT2D eigenvalue weighted by atomic mass is 10.1. The molecule has 3 N–H and O–H groups in total. The third-order valence-corrected chi connectivity index (χ3v) is 4.10. The van der Waals surface area contributed by atoms with Crippen molar-refractivity contribution < 1.29 is 14.6 Å². The molecule has 0 bridgehead atoms. The average Bonchev–Trinajstić information content (AvgIpc) is 2.59. The van der Waals surface area contributed by atoms with Crippen molar-refractivity contribution in [2.75, 3.05) is 5.43 Å². The van der Waals surface area contributed by atoms with Crippen molar-refractivity contribution >= 4 is 40.6 Å². The van der Waals surface area contributed by atoms with Crippen molar-refractivity contribution in [3.05, 3.63) is 44.2 Å². The van der Waals surface area contributed by atoms with Crippen LogP contribution in [0.15, 0.2) is 28.1 Å². The van der Waals surface area contributed by atoms with E-state index in [1.165, 1.54) is 18.2 Å². The number of hydrazone groups is 1. The second kappa shape index (κ2) is 8.88. The van der Waals surface area contributed by atoms with Gasteiger partial charge in [-0.25, -0.2) is 9.89 Å². The molecular formula is C17H18Cl2N4O4. The summed E-state index contributed by atoms with van der Waals surface area (Å²) in [6, 6.07) is 4.49. The van der Waals surface area contributed by atoms with Crippen molar-refractivity contribution in [3.8, 4) is 11.6 Å². The molecule has 0 aliphatic rings. The van der Waals surface area contributed by atoms with Crippen molar-refractivity contribution in [2.24, 2.45) is 5.10 Å². The SMILES string of the molecule is CC/C(=N/Nc1cc(Cl)c(Oc2cc(C(C)C)c(=O)[nH]n2)c(Cl)c1)C(=O)O. The fraction of sp³-hybridized carbons (Fsp3) is 0.294. The van der Waals surface area contributed by atoms with E-state index in [9.17, 15) is 9.59 Å². The second-order valence-corrected chi connectivity index (χ2v) is 6.66. The number of anilines is 1. The number of aliphatic carboxylic acids is 1. The summed E-state index contributed by atoms with van der Waals surface area (Å²) in [7, 11) is 0. The third-order valence-electron chi connectivity index (χ3n) is 3.54. The lowest BCUT2D eigenvalue weighted by Gasteiger charge is -2.12. The van der Waals surface area contributed by atoms with Crippen LogP contribution in [0.25, 0.3) is 0 Å². The molecule has 0 aliphatic heterocycles. The zero-order chi connectivity index (χ0) is 20.1. The summed E-state index contributed by atoms with van der Waals surface area (Å²) in [5.74, 6) is -0.847. The van der Waals surface area contributed by atoms with Gasteiger partial charge in [-0.05, 0) is 24.5 Å². The number of aromatic nitrogens is 2. The molecule has 0 saturated heterocycles. The van der Waals surface area contributed by atoms with E-state index in [1.54, 1.807) is 6.92 Å². The van der Waals surface area contributed by atoms with Gasteiger partial charge in [0.05, 0.1) is 15.7 Å². The molecule has 0 atom stereocenters. The van der Waals surface area contributed by atoms with Gasteiger partial charge in [0.15, 0.2) is 5.75 Å². The highest BCUT2D eigenvalue weighted by molar-refractivity contribution is 6.38. The van der Waals surface area contributed by atoms with Crippen molar-refractivity contribution in [1.29, 1.82) is 0 Å². The molecule has 27 heavy (non-hydrogen) atoms. The van der Waals surface area contributed by atoms with Gasteiger partial charge in [-0.2, -0.15) is 5.10 Å². The van der Waals surface area contributed by atoms with Crippen molar-refractivity contribution in [3.63, 3.8) is 0 Å². The van der Waals surface area contributed by atoms with Gasteiger partial charge in [-0.3, -0.25) is 10.2 Å². The number of hydrogen-bond donors (Lipinski definition) is 3. The quantitative estimate of drug-likeness (QED) is 0.462. The molecule has 0 amide bonds. The Morgan fingerprint density at radius 1 is 1.33 bits per heavy atom. The molecule has 1 heterocycles. The van der Waals surface area contributed by atoms with Crippen LogP contribution in [-0.2, 0) is 4.79 Å². The van der Waals surface area contributed by atoms with Crippen molar-refractivity contribution in [2.45, 2.75) is 33.1 Å². The van der Waals surface area contributed by atoms with Gasteiger partial charge in [0.25, 0.3) is 5.56 Å².